The Morgan fingerprint density at radius 1 is 0.818 bits per heavy atom. The van der Waals surface area contributed by atoms with Gasteiger partial charge in [0, 0.05) is 19.5 Å². The molecule has 0 aromatic heterocycles. The lowest BCUT2D eigenvalue weighted by Crippen LogP contribution is -2.34. The van der Waals surface area contributed by atoms with E-state index in [1.807, 2.05) is 105 Å². The molecule has 0 bridgehead atoms. The predicted octanol–water partition coefficient (Wildman–Crippen LogP) is 5.24. The van der Waals surface area contributed by atoms with E-state index >= 15 is 0 Å². The average Bonchev–Trinajstić information content (AvgIpc) is 3.32. The van der Waals surface area contributed by atoms with E-state index in [-0.39, 0.29) is 5.78 Å². The Kier molecular flexibility index (Phi) is 5.16. The molecule has 166 valence electrons. The van der Waals surface area contributed by atoms with Crippen molar-refractivity contribution < 1.29 is 14.3 Å². The van der Waals surface area contributed by atoms with Crippen molar-refractivity contribution in [2.24, 2.45) is 5.41 Å². The highest BCUT2D eigenvalue weighted by Crippen LogP contribution is 2.58. The molecule has 4 heteroatoms. The number of benzene rings is 3. The summed E-state index contributed by atoms with van der Waals surface area (Å²) in [5.41, 5.74) is 2.05. The number of likely N-dealkylation sites (tertiary alicyclic amines) is 1. The fourth-order valence-electron chi connectivity index (χ4n) is 5.36. The van der Waals surface area contributed by atoms with Crippen LogP contribution in [0.3, 0.4) is 0 Å². The number of hydrogen-bond acceptors (Lipinski definition) is 3. The zero-order chi connectivity index (χ0) is 23.1. The molecule has 0 saturated carbocycles. The number of ether oxygens (including phenoxy) is 1. The largest absolute Gasteiger partial charge is 0.481 e. The molecular formula is C29H27NO3. The summed E-state index contributed by atoms with van der Waals surface area (Å²) in [4.78, 5) is 28.6. The third kappa shape index (κ3) is 3.37. The van der Waals surface area contributed by atoms with Gasteiger partial charge in [-0.15, -0.1) is 0 Å². The highest BCUT2D eigenvalue weighted by atomic mass is 16.5. The van der Waals surface area contributed by atoms with E-state index in [0.29, 0.717) is 25.3 Å². The lowest BCUT2D eigenvalue weighted by atomic mass is 9.72. The van der Waals surface area contributed by atoms with E-state index in [9.17, 15) is 9.59 Å². The molecule has 1 spiro atoms. The average molecular weight is 438 g/mol. The number of allylic oxidation sites excluding steroid dienone is 1. The third-order valence-corrected chi connectivity index (χ3v) is 6.79. The molecule has 0 aliphatic carbocycles. The summed E-state index contributed by atoms with van der Waals surface area (Å²) in [5, 5.41) is 0. The number of amides is 1. The van der Waals surface area contributed by atoms with Crippen LogP contribution in [0.2, 0.25) is 0 Å². The van der Waals surface area contributed by atoms with Crippen molar-refractivity contribution in [2.45, 2.75) is 32.4 Å². The summed E-state index contributed by atoms with van der Waals surface area (Å²) in [6.45, 7) is 4.65. The Morgan fingerprint density at radius 2 is 1.33 bits per heavy atom. The highest BCUT2D eigenvalue weighted by molar-refractivity contribution is 6.41. The molecule has 4 nitrogen and oxygen atoms in total. The number of carbonyl (C=O) groups excluding carboxylic acids is 2. The fourth-order valence-corrected chi connectivity index (χ4v) is 5.36. The van der Waals surface area contributed by atoms with Crippen LogP contribution < -0.4 is 0 Å². The molecule has 3 aromatic carbocycles. The fraction of sp³-hybridized carbons (Fsp3) is 0.241. The van der Waals surface area contributed by atoms with Crippen LogP contribution in [-0.4, -0.2) is 23.1 Å². The molecule has 2 fully saturated rings. The molecule has 33 heavy (non-hydrogen) atoms. The van der Waals surface area contributed by atoms with Crippen LogP contribution in [-0.2, 0) is 26.5 Å². The molecule has 5 rings (SSSR count). The second-order valence-corrected chi connectivity index (χ2v) is 9.23. The molecule has 2 heterocycles. The SMILES string of the molecule is CC(C)=C1OC(c2ccccc2)(c2ccccc2)CC12CN(Cc1ccccc1)C(=O)C2=O. The van der Waals surface area contributed by atoms with E-state index in [2.05, 4.69) is 0 Å². The van der Waals surface area contributed by atoms with Crippen molar-refractivity contribution in [1.82, 2.24) is 4.90 Å². The van der Waals surface area contributed by atoms with Crippen LogP contribution in [0.4, 0.5) is 0 Å². The maximum absolute atomic E-state index is 13.7. The molecule has 0 radical (unpaired) electrons. The lowest BCUT2D eigenvalue weighted by Gasteiger charge is -2.30. The van der Waals surface area contributed by atoms with Gasteiger partial charge in [0.15, 0.2) is 5.60 Å². The van der Waals surface area contributed by atoms with Gasteiger partial charge in [-0.25, -0.2) is 0 Å². The minimum Gasteiger partial charge on any atom is -0.481 e. The van der Waals surface area contributed by atoms with Crippen molar-refractivity contribution in [2.75, 3.05) is 6.54 Å². The zero-order valence-electron chi connectivity index (χ0n) is 19.0. The Labute approximate surface area is 194 Å². The molecule has 1 amide bonds. The minimum absolute atomic E-state index is 0.321. The summed E-state index contributed by atoms with van der Waals surface area (Å²) in [7, 11) is 0. The van der Waals surface area contributed by atoms with Crippen molar-refractivity contribution in [3.8, 4) is 0 Å². The first-order valence-corrected chi connectivity index (χ1v) is 11.3. The van der Waals surface area contributed by atoms with Gasteiger partial charge in [-0.1, -0.05) is 91.0 Å². The van der Waals surface area contributed by atoms with Crippen LogP contribution in [0.1, 0.15) is 37.0 Å². The van der Waals surface area contributed by atoms with Gasteiger partial charge in [-0.2, -0.15) is 0 Å². The summed E-state index contributed by atoms with van der Waals surface area (Å²) in [5.74, 6) is -0.175. The van der Waals surface area contributed by atoms with E-state index in [0.717, 1.165) is 22.3 Å². The van der Waals surface area contributed by atoms with Crippen molar-refractivity contribution in [3.05, 3.63) is 119 Å². The minimum atomic E-state index is -1.00. The van der Waals surface area contributed by atoms with Crippen molar-refractivity contribution in [1.29, 1.82) is 0 Å². The highest BCUT2D eigenvalue weighted by Gasteiger charge is 2.65. The number of rotatable bonds is 4. The van der Waals surface area contributed by atoms with Crippen molar-refractivity contribution >= 4 is 11.7 Å². The van der Waals surface area contributed by atoms with Gasteiger partial charge in [0.2, 0.25) is 5.78 Å². The standard InChI is InChI=1S/C29H27NO3/c1-21(2)26-28(20-30(27(32)25(28)31)18-22-12-6-3-7-13-22)19-29(33-26,23-14-8-4-9-15-23)24-16-10-5-11-17-24/h3-17H,18-20H2,1-2H3. The summed E-state index contributed by atoms with van der Waals surface area (Å²) >= 11 is 0. The number of hydrogen-bond donors (Lipinski definition) is 0. The van der Waals surface area contributed by atoms with Gasteiger partial charge in [-0.3, -0.25) is 9.59 Å². The topological polar surface area (TPSA) is 46.6 Å². The van der Waals surface area contributed by atoms with Crippen LogP contribution >= 0.6 is 0 Å². The Bertz CT molecular complexity index is 1170. The maximum Gasteiger partial charge on any atom is 0.291 e. The van der Waals surface area contributed by atoms with Gasteiger partial charge >= 0.3 is 0 Å². The molecule has 2 aliphatic rings. The van der Waals surface area contributed by atoms with E-state index < -0.39 is 16.9 Å². The van der Waals surface area contributed by atoms with E-state index in [1.165, 1.54) is 0 Å². The number of carbonyl (C=O) groups is 2. The Balaban J connectivity index is 1.63. The molecule has 0 N–H and O–H groups in total. The lowest BCUT2D eigenvalue weighted by molar-refractivity contribution is -0.142. The predicted molar refractivity (Wildman–Crippen MR) is 127 cm³/mol. The number of Topliss-reactive ketones (excluding diaryl/α,β-unsaturated/α-hetero) is 1. The monoisotopic (exact) mass is 437 g/mol. The van der Waals surface area contributed by atoms with Crippen LogP contribution in [0, 0.1) is 5.41 Å². The number of ketones is 1. The normalized spacial score (nSPS) is 21.5. The van der Waals surface area contributed by atoms with Crippen LogP contribution in [0.5, 0.6) is 0 Å². The maximum atomic E-state index is 13.7. The zero-order valence-corrected chi connectivity index (χ0v) is 19.0. The Hall–Kier alpha value is -3.66. The molecule has 2 saturated heterocycles. The molecular weight excluding hydrogens is 410 g/mol. The van der Waals surface area contributed by atoms with Gasteiger partial charge in [0.1, 0.15) is 11.2 Å². The van der Waals surface area contributed by atoms with Crippen LogP contribution in [0.25, 0.3) is 0 Å². The Morgan fingerprint density at radius 3 is 1.85 bits per heavy atom. The van der Waals surface area contributed by atoms with Gasteiger partial charge < -0.3 is 9.64 Å². The number of nitrogens with zero attached hydrogens (tertiary/aromatic N) is 1. The first-order valence-electron chi connectivity index (χ1n) is 11.3. The van der Waals surface area contributed by atoms with E-state index in [4.69, 9.17) is 4.74 Å². The summed E-state index contributed by atoms with van der Waals surface area (Å²) < 4.78 is 6.82. The second kappa shape index (κ2) is 8.04. The van der Waals surface area contributed by atoms with Gasteiger partial charge in [0.05, 0.1) is 0 Å². The third-order valence-electron chi connectivity index (χ3n) is 6.79. The molecule has 1 atom stereocenters. The van der Waals surface area contributed by atoms with Gasteiger partial charge in [0.25, 0.3) is 5.91 Å². The quantitative estimate of drug-likeness (QED) is 0.524. The second-order valence-electron chi connectivity index (χ2n) is 9.23. The smallest absolute Gasteiger partial charge is 0.291 e. The molecule has 2 aliphatic heterocycles. The first kappa shape index (κ1) is 21.2. The van der Waals surface area contributed by atoms with Crippen molar-refractivity contribution in [3.63, 3.8) is 0 Å². The van der Waals surface area contributed by atoms with Gasteiger partial charge in [-0.05, 0) is 36.1 Å². The molecule has 3 aromatic rings. The summed E-state index contributed by atoms with van der Waals surface area (Å²) in [6.07, 6.45) is 0.393. The summed E-state index contributed by atoms with van der Waals surface area (Å²) in [6, 6.07) is 29.8. The first-order chi connectivity index (χ1) is 16.0. The van der Waals surface area contributed by atoms with E-state index in [1.54, 1.807) is 4.90 Å². The molecule has 1 unspecified atom stereocenters. The van der Waals surface area contributed by atoms with Crippen LogP contribution in [0.15, 0.2) is 102 Å².